The first-order valence-electron chi connectivity index (χ1n) is 5.94. The first kappa shape index (κ1) is 12.3. The first-order valence-corrected chi connectivity index (χ1v) is 5.94. The van der Waals surface area contributed by atoms with Crippen LogP contribution in [0.2, 0.25) is 0 Å². The Hall–Kier alpha value is -0.820. The molecule has 15 heavy (non-hydrogen) atoms. The lowest BCUT2D eigenvalue weighted by atomic mass is 9.71. The predicted octanol–water partition coefficient (Wildman–Crippen LogP) is 3.52. The molecule has 0 aliphatic carbocycles. The Bertz CT molecular complexity index is 275. The zero-order chi connectivity index (χ0) is 11.3. The van der Waals surface area contributed by atoms with Gasteiger partial charge in [-0.1, -0.05) is 51.1 Å². The van der Waals surface area contributed by atoms with Crippen molar-refractivity contribution in [1.29, 1.82) is 0 Å². The summed E-state index contributed by atoms with van der Waals surface area (Å²) in [7, 11) is 0. The van der Waals surface area contributed by atoms with Crippen molar-refractivity contribution < 1.29 is 5.11 Å². The topological polar surface area (TPSA) is 20.2 Å². The average Bonchev–Trinajstić information content (AvgIpc) is 2.32. The summed E-state index contributed by atoms with van der Waals surface area (Å²) >= 11 is 0. The SMILES string of the molecule is CC[C@@H](O)C(CC)(CC)c1ccccc1. The second-order valence-corrected chi connectivity index (χ2v) is 4.15. The fourth-order valence-corrected chi connectivity index (χ4v) is 2.48. The smallest absolute Gasteiger partial charge is 0.0633 e. The van der Waals surface area contributed by atoms with Gasteiger partial charge in [0.05, 0.1) is 6.10 Å². The Labute approximate surface area is 93.1 Å². The van der Waals surface area contributed by atoms with Crippen molar-refractivity contribution in [2.45, 2.75) is 51.6 Å². The number of aliphatic hydroxyl groups is 1. The van der Waals surface area contributed by atoms with Crippen molar-refractivity contribution in [2.24, 2.45) is 0 Å². The van der Waals surface area contributed by atoms with Crippen molar-refractivity contribution in [3.05, 3.63) is 35.9 Å². The van der Waals surface area contributed by atoms with Crippen LogP contribution >= 0.6 is 0 Å². The lowest BCUT2D eigenvalue weighted by molar-refractivity contribution is 0.0698. The standard InChI is InChI=1S/C14H22O/c1-4-13(15)14(5-2,6-3)12-10-8-7-9-11-12/h7-11,13,15H,4-6H2,1-3H3/t13-/m1/s1. The molecule has 0 fully saturated rings. The van der Waals surface area contributed by atoms with Crippen LogP contribution in [-0.2, 0) is 5.41 Å². The zero-order valence-corrected chi connectivity index (χ0v) is 10.0. The minimum atomic E-state index is -0.241. The zero-order valence-electron chi connectivity index (χ0n) is 10.0. The molecule has 84 valence electrons. The second kappa shape index (κ2) is 5.32. The molecule has 1 N–H and O–H groups in total. The highest BCUT2D eigenvalue weighted by atomic mass is 16.3. The summed E-state index contributed by atoms with van der Waals surface area (Å²) in [6.07, 6.45) is 2.55. The van der Waals surface area contributed by atoms with Crippen LogP contribution in [-0.4, -0.2) is 11.2 Å². The lowest BCUT2D eigenvalue weighted by Crippen LogP contribution is -2.38. The van der Waals surface area contributed by atoms with E-state index in [1.807, 2.05) is 13.0 Å². The van der Waals surface area contributed by atoms with Crippen LogP contribution in [0.25, 0.3) is 0 Å². The van der Waals surface area contributed by atoms with Crippen molar-refractivity contribution in [2.75, 3.05) is 0 Å². The normalized spacial score (nSPS) is 13.9. The van der Waals surface area contributed by atoms with E-state index in [9.17, 15) is 5.11 Å². The number of rotatable bonds is 5. The monoisotopic (exact) mass is 206 g/mol. The number of hydrogen-bond donors (Lipinski definition) is 1. The maximum absolute atomic E-state index is 10.2. The van der Waals surface area contributed by atoms with Gasteiger partial charge >= 0.3 is 0 Å². The molecule has 0 unspecified atom stereocenters. The molecule has 1 heteroatoms. The summed E-state index contributed by atoms with van der Waals surface area (Å²) < 4.78 is 0. The van der Waals surface area contributed by atoms with E-state index in [1.165, 1.54) is 5.56 Å². The van der Waals surface area contributed by atoms with Gasteiger partial charge in [-0.15, -0.1) is 0 Å². The van der Waals surface area contributed by atoms with Gasteiger partial charge in [0.1, 0.15) is 0 Å². The van der Waals surface area contributed by atoms with E-state index in [0.717, 1.165) is 19.3 Å². The summed E-state index contributed by atoms with van der Waals surface area (Å²) in [6, 6.07) is 10.4. The molecule has 0 amide bonds. The van der Waals surface area contributed by atoms with Gasteiger partial charge in [0.25, 0.3) is 0 Å². The summed E-state index contributed by atoms with van der Waals surface area (Å²) in [6.45, 7) is 6.37. The van der Waals surface area contributed by atoms with Crippen LogP contribution in [0.4, 0.5) is 0 Å². The molecule has 0 saturated heterocycles. The van der Waals surface area contributed by atoms with E-state index in [2.05, 4.69) is 38.1 Å². The summed E-state index contributed by atoms with van der Waals surface area (Å²) in [4.78, 5) is 0. The van der Waals surface area contributed by atoms with Gasteiger partial charge in [0.15, 0.2) is 0 Å². The molecular formula is C14H22O. The van der Waals surface area contributed by atoms with Gasteiger partial charge in [0, 0.05) is 5.41 Å². The van der Waals surface area contributed by atoms with Crippen LogP contribution in [0.1, 0.15) is 45.6 Å². The van der Waals surface area contributed by atoms with Crippen molar-refractivity contribution in [3.63, 3.8) is 0 Å². The van der Waals surface area contributed by atoms with Gasteiger partial charge in [-0.2, -0.15) is 0 Å². The summed E-state index contributed by atoms with van der Waals surface area (Å²) in [5.41, 5.74) is 1.21. The molecule has 1 aromatic rings. The average molecular weight is 206 g/mol. The van der Waals surface area contributed by atoms with Gasteiger partial charge in [0.2, 0.25) is 0 Å². The molecule has 0 aliphatic rings. The Morgan fingerprint density at radius 1 is 1.07 bits per heavy atom. The number of hydrogen-bond acceptors (Lipinski definition) is 1. The first-order chi connectivity index (χ1) is 7.21. The quantitative estimate of drug-likeness (QED) is 0.781. The van der Waals surface area contributed by atoms with Gasteiger partial charge in [-0.25, -0.2) is 0 Å². The van der Waals surface area contributed by atoms with Gasteiger partial charge in [-0.3, -0.25) is 0 Å². The molecule has 1 rings (SSSR count). The molecule has 0 radical (unpaired) electrons. The molecule has 0 spiro atoms. The molecule has 0 bridgehead atoms. The highest BCUT2D eigenvalue weighted by Crippen LogP contribution is 2.36. The van der Waals surface area contributed by atoms with Crippen LogP contribution < -0.4 is 0 Å². The highest BCUT2D eigenvalue weighted by Gasteiger charge is 2.34. The molecule has 0 aliphatic heterocycles. The van der Waals surface area contributed by atoms with Crippen molar-refractivity contribution in [1.82, 2.24) is 0 Å². The van der Waals surface area contributed by atoms with Gasteiger partial charge < -0.3 is 5.11 Å². The molecule has 1 nitrogen and oxygen atoms in total. The lowest BCUT2D eigenvalue weighted by Gasteiger charge is -2.36. The molecule has 0 heterocycles. The van der Waals surface area contributed by atoms with Gasteiger partial charge in [-0.05, 0) is 24.8 Å². The van der Waals surface area contributed by atoms with Crippen LogP contribution in [0.3, 0.4) is 0 Å². The van der Waals surface area contributed by atoms with Crippen LogP contribution in [0.15, 0.2) is 30.3 Å². The van der Waals surface area contributed by atoms with E-state index in [0.29, 0.717) is 0 Å². The minimum Gasteiger partial charge on any atom is -0.392 e. The Morgan fingerprint density at radius 3 is 2.00 bits per heavy atom. The van der Waals surface area contributed by atoms with E-state index < -0.39 is 0 Å². The maximum atomic E-state index is 10.2. The predicted molar refractivity (Wildman–Crippen MR) is 65.0 cm³/mol. The highest BCUT2D eigenvalue weighted by molar-refractivity contribution is 5.26. The van der Waals surface area contributed by atoms with Crippen LogP contribution in [0.5, 0.6) is 0 Å². The Balaban J connectivity index is 3.11. The Kier molecular flexibility index (Phi) is 4.34. The molecule has 1 aromatic carbocycles. The van der Waals surface area contributed by atoms with E-state index in [-0.39, 0.29) is 11.5 Å². The fourth-order valence-electron chi connectivity index (χ4n) is 2.48. The van der Waals surface area contributed by atoms with Crippen molar-refractivity contribution >= 4 is 0 Å². The largest absolute Gasteiger partial charge is 0.392 e. The second-order valence-electron chi connectivity index (χ2n) is 4.15. The van der Waals surface area contributed by atoms with E-state index >= 15 is 0 Å². The van der Waals surface area contributed by atoms with E-state index in [1.54, 1.807) is 0 Å². The van der Waals surface area contributed by atoms with Crippen molar-refractivity contribution in [3.8, 4) is 0 Å². The number of benzene rings is 1. The maximum Gasteiger partial charge on any atom is 0.0633 e. The Morgan fingerprint density at radius 2 is 1.60 bits per heavy atom. The van der Waals surface area contributed by atoms with E-state index in [4.69, 9.17) is 0 Å². The number of aliphatic hydroxyl groups excluding tert-OH is 1. The third-order valence-corrected chi connectivity index (χ3v) is 3.64. The molecular weight excluding hydrogens is 184 g/mol. The third-order valence-electron chi connectivity index (χ3n) is 3.64. The summed E-state index contributed by atoms with van der Waals surface area (Å²) in [5.74, 6) is 0. The third kappa shape index (κ3) is 2.23. The summed E-state index contributed by atoms with van der Waals surface area (Å²) in [5, 5.41) is 10.2. The molecule has 0 aromatic heterocycles. The molecule has 0 saturated carbocycles. The molecule has 1 atom stereocenters. The van der Waals surface area contributed by atoms with Crippen LogP contribution in [0, 0.1) is 0 Å². The minimum absolute atomic E-state index is 0.0595. The fraction of sp³-hybridized carbons (Fsp3) is 0.571.